The Morgan fingerprint density at radius 3 is 2.69 bits per heavy atom. The van der Waals surface area contributed by atoms with E-state index in [0.29, 0.717) is 21.9 Å². The molecule has 4 rings (SSSR count). The van der Waals surface area contributed by atoms with Crippen LogP contribution < -0.4 is 5.32 Å². The van der Waals surface area contributed by atoms with Gasteiger partial charge in [-0.25, -0.2) is 9.97 Å². The van der Waals surface area contributed by atoms with E-state index in [-0.39, 0.29) is 11.9 Å². The summed E-state index contributed by atoms with van der Waals surface area (Å²) in [6.45, 7) is 3.74. The van der Waals surface area contributed by atoms with Crippen molar-refractivity contribution in [3.63, 3.8) is 0 Å². The van der Waals surface area contributed by atoms with Gasteiger partial charge >= 0.3 is 6.18 Å². The van der Waals surface area contributed by atoms with E-state index in [1.165, 1.54) is 28.7 Å². The van der Waals surface area contributed by atoms with Crippen molar-refractivity contribution in [2.45, 2.75) is 26.1 Å². The second kappa shape index (κ2) is 7.27. The number of carbonyl (C=O) groups excluding carboxylic acids is 1. The number of hydrogen-bond acceptors (Lipinski definition) is 5. The van der Waals surface area contributed by atoms with Crippen LogP contribution in [-0.4, -0.2) is 20.3 Å². The van der Waals surface area contributed by atoms with Gasteiger partial charge in [0, 0.05) is 22.5 Å². The van der Waals surface area contributed by atoms with Crippen molar-refractivity contribution in [2.75, 3.05) is 0 Å². The number of imidazole rings is 1. The second-order valence-electron chi connectivity index (χ2n) is 6.46. The van der Waals surface area contributed by atoms with E-state index in [1.807, 2.05) is 19.2 Å². The molecule has 0 fully saturated rings. The number of thiazole rings is 2. The Labute approximate surface area is 171 Å². The van der Waals surface area contributed by atoms with Crippen LogP contribution in [0.4, 0.5) is 13.2 Å². The third-order valence-corrected chi connectivity index (χ3v) is 5.99. The van der Waals surface area contributed by atoms with Crippen LogP contribution in [0.2, 0.25) is 0 Å². The zero-order valence-electron chi connectivity index (χ0n) is 15.3. The van der Waals surface area contributed by atoms with Gasteiger partial charge in [-0.2, -0.15) is 13.2 Å². The predicted molar refractivity (Wildman–Crippen MR) is 106 cm³/mol. The van der Waals surface area contributed by atoms with Crippen LogP contribution in [0.15, 0.2) is 41.2 Å². The monoisotopic (exact) mass is 436 g/mol. The minimum Gasteiger partial charge on any atom is -0.343 e. The Kier molecular flexibility index (Phi) is 4.91. The van der Waals surface area contributed by atoms with E-state index in [0.717, 1.165) is 22.8 Å². The zero-order valence-corrected chi connectivity index (χ0v) is 17.0. The lowest BCUT2D eigenvalue weighted by Gasteiger charge is -2.11. The molecule has 0 saturated carbocycles. The number of nitrogens with zero attached hydrogens (tertiary/aromatic N) is 3. The van der Waals surface area contributed by atoms with Gasteiger partial charge in [-0.3, -0.25) is 9.20 Å². The second-order valence-corrected chi connectivity index (χ2v) is 8.36. The summed E-state index contributed by atoms with van der Waals surface area (Å²) < 4.78 is 40.5. The van der Waals surface area contributed by atoms with Gasteiger partial charge in [0.25, 0.3) is 5.91 Å². The van der Waals surface area contributed by atoms with Gasteiger partial charge in [-0.1, -0.05) is 12.1 Å². The molecule has 0 radical (unpaired) electrons. The highest BCUT2D eigenvalue weighted by molar-refractivity contribution is 7.15. The van der Waals surface area contributed by atoms with Crippen LogP contribution in [-0.2, 0) is 6.18 Å². The summed E-state index contributed by atoms with van der Waals surface area (Å²) in [7, 11) is 0. The zero-order chi connectivity index (χ0) is 20.8. The molecule has 29 heavy (non-hydrogen) atoms. The van der Waals surface area contributed by atoms with Crippen molar-refractivity contribution in [2.24, 2.45) is 0 Å². The van der Waals surface area contributed by atoms with Crippen LogP contribution in [0.5, 0.6) is 0 Å². The molecule has 1 aromatic carbocycles. The van der Waals surface area contributed by atoms with Crippen molar-refractivity contribution in [1.29, 1.82) is 0 Å². The Morgan fingerprint density at radius 1 is 1.21 bits per heavy atom. The molecule has 0 aliphatic carbocycles. The lowest BCUT2D eigenvalue weighted by Crippen LogP contribution is -2.27. The third-order valence-electron chi connectivity index (χ3n) is 4.36. The van der Waals surface area contributed by atoms with Gasteiger partial charge in [-0.15, -0.1) is 22.7 Å². The van der Waals surface area contributed by atoms with Crippen molar-refractivity contribution in [1.82, 2.24) is 19.7 Å². The van der Waals surface area contributed by atoms with Gasteiger partial charge in [0.15, 0.2) is 4.96 Å². The fraction of sp³-hybridized carbons (Fsp3) is 0.211. The Morgan fingerprint density at radius 2 is 2.00 bits per heavy atom. The molecular formula is C19H15F3N4OS2. The molecule has 5 nitrogen and oxygen atoms in total. The molecule has 1 N–H and O–H groups in total. The van der Waals surface area contributed by atoms with Gasteiger partial charge in [0.1, 0.15) is 5.69 Å². The molecule has 0 bridgehead atoms. The van der Waals surface area contributed by atoms with Gasteiger partial charge in [0.05, 0.1) is 28.0 Å². The van der Waals surface area contributed by atoms with E-state index < -0.39 is 11.7 Å². The highest BCUT2D eigenvalue weighted by atomic mass is 32.1. The molecular weight excluding hydrogens is 421 g/mol. The van der Waals surface area contributed by atoms with Gasteiger partial charge < -0.3 is 5.32 Å². The smallest absolute Gasteiger partial charge is 0.343 e. The topological polar surface area (TPSA) is 59.3 Å². The number of aryl methyl sites for hydroxylation is 1. The Bertz CT molecular complexity index is 1190. The fourth-order valence-corrected chi connectivity index (χ4v) is 4.42. The molecule has 0 saturated heterocycles. The Hall–Kier alpha value is -2.72. The van der Waals surface area contributed by atoms with Crippen molar-refractivity contribution < 1.29 is 18.0 Å². The lowest BCUT2D eigenvalue weighted by molar-refractivity contribution is -0.137. The van der Waals surface area contributed by atoms with Crippen LogP contribution in [0.3, 0.4) is 0 Å². The first-order valence-electron chi connectivity index (χ1n) is 8.59. The molecule has 1 atom stereocenters. The normalized spacial score (nSPS) is 13.0. The molecule has 0 aliphatic heterocycles. The summed E-state index contributed by atoms with van der Waals surface area (Å²) in [6, 6.07) is 4.71. The quantitative estimate of drug-likeness (QED) is 0.470. The van der Waals surface area contributed by atoms with Crippen LogP contribution in [0.1, 0.15) is 39.7 Å². The highest BCUT2D eigenvalue weighted by Gasteiger charge is 2.30. The van der Waals surface area contributed by atoms with Gasteiger partial charge in [-0.05, 0) is 26.0 Å². The predicted octanol–water partition coefficient (Wildman–Crippen LogP) is 5.34. The number of hydrogen-bond donors (Lipinski definition) is 1. The average molecular weight is 436 g/mol. The minimum atomic E-state index is -4.43. The summed E-state index contributed by atoms with van der Waals surface area (Å²) in [5, 5.41) is 7.38. The lowest BCUT2D eigenvalue weighted by atomic mass is 10.1. The summed E-state index contributed by atoms with van der Waals surface area (Å²) in [6.07, 6.45) is -2.85. The number of rotatable bonds is 4. The maximum atomic E-state index is 13.0. The minimum absolute atomic E-state index is 0.270. The van der Waals surface area contributed by atoms with Crippen LogP contribution in [0.25, 0.3) is 16.2 Å². The first-order chi connectivity index (χ1) is 13.7. The standard InChI is InChI=1S/C19H15F3N4OS2/c1-10(15-8-28-11(2)24-15)23-17(27)16-9-29-18-25-14(7-26(16)18)12-4-3-5-13(6-12)19(20,21)22/h3-10H,1-2H3,(H,23,27)/t10-/m0/s1. The summed E-state index contributed by atoms with van der Waals surface area (Å²) in [5.41, 5.74) is 1.13. The SMILES string of the molecule is Cc1nc([C@H](C)NC(=O)c2csc3nc(-c4cccc(C(F)(F)F)c4)cn23)cs1. The number of halogens is 3. The molecule has 3 heterocycles. The van der Waals surface area contributed by atoms with Crippen molar-refractivity contribution >= 4 is 33.5 Å². The molecule has 0 aliphatic rings. The van der Waals surface area contributed by atoms with E-state index in [4.69, 9.17) is 0 Å². The van der Waals surface area contributed by atoms with E-state index in [1.54, 1.807) is 22.0 Å². The van der Waals surface area contributed by atoms with Gasteiger partial charge in [0.2, 0.25) is 0 Å². The highest BCUT2D eigenvalue weighted by Crippen LogP contribution is 2.32. The molecule has 0 unspecified atom stereocenters. The van der Waals surface area contributed by atoms with E-state index in [2.05, 4.69) is 15.3 Å². The van der Waals surface area contributed by atoms with Crippen molar-refractivity contribution in [3.05, 3.63) is 63.2 Å². The molecule has 1 amide bonds. The largest absolute Gasteiger partial charge is 0.416 e. The molecule has 0 spiro atoms. The van der Waals surface area contributed by atoms with Crippen molar-refractivity contribution in [3.8, 4) is 11.3 Å². The first-order valence-corrected chi connectivity index (χ1v) is 10.4. The Balaban J connectivity index is 1.61. The molecule has 4 aromatic rings. The molecule has 10 heteroatoms. The number of amides is 1. The van der Waals surface area contributed by atoms with Crippen LogP contribution >= 0.6 is 22.7 Å². The maximum absolute atomic E-state index is 13.0. The summed E-state index contributed by atoms with van der Waals surface area (Å²) in [4.78, 5) is 22.0. The number of benzene rings is 1. The maximum Gasteiger partial charge on any atom is 0.416 e. The average Bonchev–Trinajstić information content (AvgIpc) is 3.36. The summed E-state index contributed by atoms with van der Waals surface area (Å²) in [5.74, 6) is -0.303. The van der Waals surface area contributed by atoms with E-state index in [9.17, 15) is 18.0 Å². The van der Waals surface area contributed by atoms with E-state index >= 15 is 0 Å². The fourth-order valence-electron chi connectivity index (χ4n) is 2.86. The number of aromatic nitrogens is 3. The third kappa shape index (κ3) is 3.90. The first kappa shape index (κ1) is 19.6. The number of nitrogens with one attached hydrogen (secondary N) is 1. The molecule has 150 valence electrons. The number of fused-ring (bicyclic) bond motifs is 1. The molecule has 3 aromatic heterocycles. The number of carbonyl (C=O) groups is 1. The summed E-state index contributed by atoms with van der Waals surface area (Å²) >= 11 is 2.76. The van der Waals surface area contributed by atoms with Crippen LogP contribution in [0, 0.1) is 6.92 Å². The number of alkyl halides is 3.